The first kappa shape index (κ1) is 14.9. The topological polar surface area (TPSA) is 70.7 Å². The normalized spacial score (nSPS) is 17.9. The predicted molar refractivity (Wildman–Crippen MR) is 79.9 cm³/mol. The Morgan fingerprint density at radius 2 is 1.86 bits per heavy atom. The van der Waals surface area contributed by atoms with Gasteiger partial charge >= 0.3 is 12.0 Å². The molecule has 1 heterocycles. The van der Waals surface area contributed by atoms with E-state index in [1.807, 2.05) is 43.3 Å². The quantitative estimate of drug-likeness (QED) is 0.828. The van der Waals surface area contributed by atoms with Crippen LogP contribution in [0.4, 0.5) is 10.5 Å². The number of carbonyl (C=O) groups excluding carboxylic acids is 2. The van der Waals surface area contributed by atoms with Crippen LogP contribution < -0.4 is 15.5 Å². The maximum Gasteiger partial charge on any atom is 0.354 e. The number of nitrogens with one attached hydrogen (secondary N) is 2. The molecule has 1 aliphatic heterocycles. The molecule has 0 saturated heterocycles. The third kappa shape index (κ3) is 2.99. The number of esters is 1. The fourth-order valence-corrected chi connectivity index (χ4v) is 2.24. The van der Waals surface area contributed by atoms with Gasteiger partial charge in [0.05, 0.1) is 13.2 Å². The van der Waals surface area contributed by atoms with E-state index < -0.39 is 12.0 Å². The largest absolute Gasteiger partial charge is 0.464 e. The van der Waals surface area contributed by atoms with Gasteiger partial charge in [0, 0.05) is 19.8 Å². The van der Waals surface area contributed by atoms with Gasteiger partial charge in [0.15, 0.2) is 0 Å². The molecule has 21 heavy (non-hydrogen) atoms. The number of hydrogen-bond donors (Lipinski definition) is 2. The molecule has 2 rings (SSSR count). The minimum absolute atomic E-state index is 0.197. The van der Waals surface area contributed by atoms with Crippen molar-refractivity contribution in [3.05, 3.63) is 41.1 Å². The number of benzene rings is 1. The molecule has 0 spiro atoms. The number of amides is 2. The molecule has 0 aliphatic carbocycles. The summed E-state index contributed by atoms with van der Waals surface area (Å²) in [5.74, 6) is -0.544. The number of carbonyl (C=O) groups is 2. The lowest BCUT2D eigenvalue weighted by Crippen LogP contribution is -2.45. The van der Waals surface area contributed by atoms with Crippen LogP contribution in [-0.2, 0) is 9.53 Å². The number of methoxy groups -OCH3 is 1. The minimum Gasteiger partial charge on any atom is -0.464 e. The molecule has 2 amide bonds. The molecule has 6 heteroatoms. The van der Waals surface area contributed by atoms with E-state index in [1.165, 1.54) is 7.11 Å². The average Bonchev–Trinajstić information content (AvgIpc) is 2.48. The highest BCUT2D eigenvalue weighted by Crippen LogP contribution is 2.27. The zero-order valence-electron chi connectivity index (χ0n) is 12.6. The third-order valence-corrected chi connectivity index (χ3v) is 3.47. The van der Waals surface area contributed by atoms with Crippen LogP contribution in [0.2, 0.25) is 0 Å². The monoisotopic (exact) mass is 289 g/mol. The molecule has 0 radical (unpaired) electrons. The highest BCUT2D eigenvalue weighted by molar-refractivity contribution is 5.96. The minimum atomic E-state index is -0.544. The smallest absolute Gasteiger partial charge is 0.354 e. The van der Waals surface area contributed by atoms with Crippen molar-refractivity contribution in [1.29, 1.82) is 0 Å². The first-order valence-corrected chi connectivity index (χ1v) is 6.58. The summed E-state index contributed by atoms with van der Waals surface area (Å²) in [5.41, 5.74) is 2.89. The molecule has 0 saturated carbocycles. The Morgan fingerprint density at radius 1 is 1.24 bits per heavy atom. The van der Waals surface area contributed by atoms with Crippen LogP contribution in [0.25, 0.3) is 0 Å². The van der Waals surface area contributed by atoms with Gasteiger partial charge < -0.3 is 20.3 Å². The second kappa shape index (κ2) is 5.87. The Hall–Kier alpha value is -2.50. The summed E-state index contributed by atoms with van der Waals surface area (Å²) >= 11 is 0. The maximum absolute atomic E-state index is 11.7. The highest BCUT2D eigenvalue weighted by atomic mass is 16.5. The van der Waals surface area contributed by atoms with E-state index >= 15 is 0 Å². The number of anilines is 1. The van der Waals surface area contributed by atoms with Crippen LogP contribution in [0.15, 0.2) is 35.5 Å². The third-order valence-electron chi connectivity index (χ3n) is 3.47. The predicted octanol–water partition coefficient (Wildman–Crippen LogP) is 1.55. The Morgan fingerprint density at radius 3 is 2.38 bits per heavy atom. The van der Waals surface area contributed by atoms with Crippen molar-refractivity contribution in [2.24, 2.45) is 0 Å². The summed E-state index contributed by atoms with van der Waals surface area (Å²) in [6.45, 7) is 1.79. The summed E-state index contributed by atoms with van der Waals surface area (Å²) in [6.07, 6.45) is 0. The fourth-order valence-electron chi connectivity index (χ4n) is 2.24. The van der Waals surface area contributed by atoms with Gasteiger partial charge in [-0.2, -0.15) is 0 Å². The molecule has 0 unspecified atom stereocenters. The van der Waals surface area contributed by atoms with E-state index in [0.717, 1.165) is 16.8 Å². The van der Waals surface area contributed by atoms with Gasteiger partial charge in [0.2, 0.25) is 0 Å². The van der Waals surface area contributed by atoms with Crippen molar-refractivity contribution in [2.75, 3.05) is 26.1 Å². The molecule has 1 atom stereocenters. The number of urea groups is 1. The Labute approximate surface area is 123 Å². The lowest BCUT2D eigenvalue weighted by Gasteiger charge is -2.28. The van der Waals surface area contributed by atoms with Gasteiger partial charge in [0.1, 0.15) is 5.70 Å². The van der Waals surface area contributed by atoms with E-state index in [1.54, 1.807) is 6.92 Å². The molecule has 1 aromatic carbocycles. The van der Waals surface area contributed by atoms with Gasteiger partial charge in [-0.3, -0.25) is 0 Å². The van der Waals surface area contributed by atoms with Crippen molar-refractivity contribution in [3.8, 4) is 0 Å². The molecule has 6 nitrogen and oxygen atoms in total. The SMILES string of the molecule is COC(=O)C1=C(C)[C@@H](c2ccc(N(C)C)cc2)NC(=O)N1. The zero-order chi connectivity index (χ0) is 15.6. The summed E-state index contributed by atoms with van der Waals surface area (Å²) < 4.78 is 4.70. The molecule has 0 aromatic heterocycles. The first-order chi connectivity index (χ1) is 9.93. The van der Waals surface area contributed by atoms with Crippen molar-refractivity contribution in [1.82, 2.24) is 10.6 Å². The van der Waals surface area contributed by atoms with Crippen LogP contribution in [-0.4, -0.2) is 33.2 Å². The van der Waals surface area contributed by atoms with E-state index in [0.29, 0.717) is 0 Å². The number of ether oxygens (including phenoxy) is 1. The van der Waals surface area contributed by atoms with Crippen molar-refractivity contribution in [2.45, 2.75) is 13.0 Å². The van der Waals surface area contributed by atoms with Crippen LogP contribution in [0.1, 0.15) is 18.5 Å². The van der Waals surface area contributed by atoms with Crippen molar-refractivity contribution in [3.63, 3.8) is 0 Å². The molecular weight excluding hydrogens is 270 g/mol. The Balaban J connectivity index is 2.37. The van der Waals surface area contributed by atoms with Crippen LogP contribution in [0.5, 0.6) is 0 Å². The van der Waals surface area contributed by atoms with Gasteiger partial charge in [-0.25, -0.2) is 9.59 Å². The zero-order valence-corrected chi connectivity index (χ0v) is 12.6. The van der Waals surface area contributed by atoms with Gasteiger partial charge in [-0.05, 0) is 30.2 Å². The molecule has 0 bridgehead atoms. The van der Waals surface area contributed by atoms with E-state index in [9.17, 15) is 9.59 Å². The number of hydrogen-bond acceptors (Lipinski definition) is 4. The summed E-state index contributed by atoms with van der Waals surface area (Å²) in [7, 11) is 5.21. The fraction of sp³-hybridized carbons (Fsp3) is 0.333. The molecule has 0 fully saturated rings. The Bertz CT molecular complexity index is 591. The first-order valence-electron chi connectivity index (χ1n) is 6.58. The van der Waals surface area contributed by atoms with E-state index in [-0.39, 0.29) is 11.7 Å². The molecule has 1 aliphatic rings. The van der Waals surface area contributed by atoms with E-state index in [2.05, 4.69) is 10.6 Å². The Kier molecular flexibility index (Phi) is 4.16. The van der Waals surface area contributed by atoms with Crippen LogP contribution in [0, 0.1) is 0 Å². The number of rotatable bonds is 3. The molecular formula is C15H19N3O3. The molecule has 1 aromatic rings. The summed E-state index contributed by atoms with van der Waals surface area (Å²) in [4.78, 5) is 25.4. The molecule has 112 valence electrons. The second-order valence-electron chi connectivity index (χ2n) is 5.07. The van der Waals surface area contributed by atoms with E-state index in [4.69, 9.17) is 4.74 Å². The standard InChI is InChI=1S/C15H19N3O3/c1-9-12(10-5-7-11(8-6-10)18(2)3)16-15(20)17-13(9)14(19)21-4/h5-8,12H,1-4H3,(H2,16,17,20)/t12-/m0/s1. The van der Waals surface area contributed by atoms with Crippen molar-refractivity contribution >= 4 is 17.7 Å². The van der Waals surface area contributed by atoms with Crippen LogP contribution in [0.3, 0.4) is 0 Å². The average molecular weight is 289 g/mol. The van der Waals surface area contributed by atoms with Gasteiger partial charge in [0.25, 0.3) is 0 Å². The van der Waals surface area contributed by atoms with Crippen molar-refractivity contribution < 1.29 is 14.3 Å². The number of nitrogens with zero attached hydrogens (tertiary/aromatic N) is 1. The second-order valence-corrected chi connectivity index (χ2v) is 5.07. The van der Waals surface area contributed by atoms with Gasteiger partial charge in [-0.1, -0.05) is 12.1 Å². The summed E-state index contributed by atoms with van der Waals surface area (Å²) in [5, 5.41) is 5.30. The lowest BCUT2D eigenvalue weighted by molar-refractivity contribution is -0.136. The van der Waals surface area contributed by atoms with Gasteiger partial charge in [-0.15, -0.1) is 0 Å². The lowest BCUT2D eigenvalue weighted by atomic mass is 9.96. The van der Waals surface area contributed by atoms with Crippen LogP contribution >= 0.6 is 0 Å². The summed E-state index contributed by atoms with van der Waals surface area (Å²) in [6, 6.07) is 7.05. The maximum atomic E-state index is 11.7. The highest BCUT2D eigenvalue weighted by Gasteiger charge is 2.29. The molecule has 2 N–H and O–H groups in total.